The molecule has 7 heteroatoms. The summed E-state index contributed by atoms with van der Waals surface area (Å²) in [6, 6.07) is 6.73. The van der Waals surface area contributed by atoms with Crippen molar-refractivity contribution in [2.24, 2.45) is 0 Å². The average molecular weight is 288 g/mol. The number of nitrogens with one attached hydrogen (secondary N) is 1. The van der Waals surface area contributed by atoms with Gasteiger partial charge in [-0.3, -0.25) is 14.6 Å². The highest BCUT2D eigenvalue weighted by atomic mass is 16.4. The monoisotopic (exact) mass is 288 g/mol. The topological polar surface area (TPSA) is 120 Å². The second-order valence-electron chi connectivity index (χ2n) is 4.27. The van der Waals surface area contributed by atoms with Crippen molar-refractivity contribution in [2.75, 3.05) is 5.32 Å². The SMILES string of the molecule is O=C(O)Cc1ccc(NC(=O)c2ccc(O)c(O)c2)cn1. The number of hydrogen-bond acceptors (Lipinski definition) is 5. The second-order valence-corrected chi connectivity index (χ2v) is 4.27. The predicted molar refractivity (Wildman–Crippen MR) is 73.3 cm³/mol. The molecule has 0 aliphatic carbocycles. The zero-order valence-electron chi connectivity index (χ0n) is 10.8. The van der Waals surface area contributed by atoms with Crippen LogP contribution in [0.15, 0.2) is 36.5 Å². The molecule has 0 fully saturated rings. The number of phenols is 2. The summed E-state index contributed by atoms with van der Waals surface area (Å²) >= 11 is 0. The van der Waals surface area contributed by atoms with E-state index >= 15 is 0 Å². The molecule has 1 heterocycles. The first-order chi connectivity index (χ1) is 9.95. The Morgan fingerprint density at radius 2 is 1.86 bits per heavy atom. The molecule has 4 N–H and O–H groups in total. The highest BCUT2D eigenvalue weighted by Gasteiger charge is 2.09. The molecule has 21 heavy (non-hydrogen) atoms. The molecule has 1 amide bonds. The number of aliphatic carboxylic acids is 1. The lowest BCUT2D eigenvalue weighted by molar-refractivity contribution is -0.136. The van der Waals surface area contributed by atoms with E-state index < -0.39 is 17.6 Å². The van der Waals surface area contributed by atoms with Crippen molar-refractivity contribution >= 4 is 17.6 Å². The fourth-order valence-corrected chi connectivity index (χ4v) is 1.63. The van der Waals surface area contributed by atoms with Crippen LogP contribution in [0.4, 0.5) is 5.69 Å². The van der Waals surface area contributed by atoms with Crippen LogP contribution in [0.2, 0.25) is 0 Å². The Balaban J connectivity index is 2.08. The smallest absolute Gasteiger partial charge is 0.309 e. The number of carbonyl (C=O) groups excluding carboxylic acids is 1. The van der Waals surface area contributed by atoms with Crippen molar-refractivity contribution in [1.29, 1.82) is 0 Å². The van der Waals surface area contributed by atoms with E-state index in [2.05, 4.69) is 10.3 Å². The fourth-order valence-electron chi connectivity index (χ4n) is 1.63. The largest absolute Gasteiger partial charge is 0.504 e. The van der Waals surface area contributed by atoms with Crippen LogP contribution in [0.3, 0.4) is 0 Å². The van der Waals surface area contributed by atoms with Gasteiger partial charge >= 0.3 is 5.97 Å². The molecule has 0 unspecified atom stereocenters. The number of pyridine rings is 1. The van der Waals surface area contributed by atoms with E-state index in [-0.39, 0.29) is 17.7 Å². The van der Waals surface area contributed by atoms with E-state index in [0.717, 1.165) is 6.07 Å². The van der Waals surface area contributed by atoms with E-state index in [9.17, 15) is 19.8 Å². The number of rotatable bonds is 4. The van der Waals surface area contributed by atoms with Gasteiger partial charge in [-0.05, 0) is 30.3 Å². The lowest BCUT2D eigenvalue weighted by atomic mass is 10.2. The summed E-state index contributed by atoms with van der Waals surface area (Å²) in [6.45, 7) is 0. The Labute approximate surface area is 119 Å². The van der Waals surface area contributed by atoms with Crippen LogP contribution in [-0.4, -0.2) is 32.2 Å². The van der Waals surface area contributed by atoms with E-state index in [1.165, 1.54) is 30.5 Å². The number of phenolic OH excluding ortho intramolecular Hbond substituents is 2. The summed E-state index contributed by atoms with van der Waals surface area (Å²) < 4.78 is 0. The van der Waals surface area contributed by atoms with E-state index in [1.807, 2.05) is 0 Å². The molecule has 0 saturated heterocycles. The zero-order valence-corrected chi connectivity index (χ0v) is 10.8. The molecule has 0 atom stereocenters. The maximum Gasteiger partial charge on any atom is 0.309 e. The van der Waals surface area contributed by atoms with Crippen LogP contribution >= 0.6 is 0 Å². The van der Waals surface area contributed by atoms with E-state index in [1.54, 1.807) is 0 Å². The summed E-state index contributed by atoms with van der Waals surface area (Å²) in [7, 11) is 0. The molecule has 0 aliphatic heterocycles. The summed E-state index contributed by atoms with van der Waals surface area (Å²) in [5.41, 5.74) is 0.935. The first-order valence-electron chi connectivity index (χ1n) is 5.96. The van der Waals surface area contributed by atoms with Gasteiger partial charge in [0, 0.05) is 5.56 Å². The van der Waals surface area contributed by atoms with E-state index in [4.69, 9.17) is 5.11 Å². The maximum absolute atomic E-state index is 11.9. The number of amides is 1. The lowest BCUT2D eigenvalue weighted by Crippen LogP contribution is -2.12. The minimum atomic E-state index is -0.987. The Morgan fingerprint density at radius 1 is 1.10 bits per heavy atom. The quantitative estimate of drug-likeness (QED) is 0.631. The third-order valence-corrected chi connectivity index (χ3v) is 2.65. The van der Waals surface area contributed by atoms with Crippen LogP contribution < -0.4 is 5.32 Å². The molecule has 1 aromatic carbocycles. The summed E-state index contributed by atoms with van der Waals surface area (Å²) in [5.74, 6) is -2.18. The number of nitrogens with zero attached hydrogens (tertiary/aromatic N) is 1. The van der Waals surface area contributed by atoms with Crippen molar-refractivity contribution < 1.29 is 24.9 Å². The van der Waals surface area contributed by atoms with Crippen molar-refractivity contribution in [3.8, 4) is 11.5 Å². The van der Waals surface area contributed by atoms with Crippen LogP contribution in [0.1, 0.15) is 16.1 Å². The molecular weight excluding hydrogens is 276 g/mol. The first kappa shape index (κ1) is 14.3. The molecule has 0 spiro atoms. The number of aromatic hydroxyl groups is 2. The third kappa shape index (κ3) is 3.69. The average Bonchev–Trinajstić information content (AvgIpc) is 2.43. The molecule has 0 bridgehead atoms. The Bertz CT molecular complexity index is 682. The molecule has 7 nitrogen and oxygen atoms in total. The summed E-state index contributed by atoms with van der Waals surface area (Å²) in [6.07, 6.45) is 1.15. The number of carboxylic acids is 1. The number of hydrogen-bond donors (Lipinski definition) is 4. The van der Waals surface area contributed by atoms with Crippen LogP contribution in [-0.2, 0) is 11.2 Å². The van der Waals surface area contributed by atoms with Crippen LogP contribution in [0, 0.1) is 0 Å². The van der Waals surface area contributed by atoms with Crippen molar-refractivity contribution in [3.05, 3.63) is 47.8 Å². The molecule has 2 aromatic rings. The number of carboxylic acid groups (broad SMARTS) is 1. The van der Waals surface area contributed by atoms with Gasteiger partial charge in [0.25, 0.3) is 5.91 Å². The van der Waals surface area contributed by atoms with Crippen molar-refractivity contribution in [3.63, 3.8) is 0 Å². The molecule has 108 valence electrons. The molecule has 0 radical (unpaired) electrons. The predicted octanol–water partition coefficient (Wildman–Crippen LogP) is 1.37. The minimum absolute atomic E-state index is 0.167. The minimum Gasteiger partial charge on any atom is -0.504 e. The molecule has 0 saturated carbocycles. The Kier molecular flexibility index (Phi) is 4.03. The summed E-state index contributed by atoms with van der Waals surface area (Å²) in [5, 5.41) is 29.7. The van der Waals surface area contributed by atoms with E-state index in [0.29, 0.717) is 11.4 Å². The van der Waals surface area contributed by atoms with Crippen LogP contribution in [0.5, 0.6) is 11.5 Å². The van der Waals surface area contributed by atoms with Crippen molar-refractivity contribution in [1.82, 2.24) is 4.98 Å². The second kappa shape index (κ2) is 5.91. The molecule has 2 rings (SSSR count). The van der Waals surface area contributed by atoms with Gasteiger partial charge < -0.3 is 20.6 Å². The van der Waals surface area contributed by atoms with Gasteiger partial charge in [0.2, 0.25) is 0 Å². The highest BCUT2D eigenvalue weighted by Crippen LogP contribution is 2.25. The highest BCUT2D eigenvalue weighted by molar-refractivity contribution is 6.04. The fraction of sp³-hybridized carbons (Fsp3) is 0.0714. The maximum atomic E-state index is 11.9. The van der Waals surface area contributed by atoms with Crippen LogP contribution in [0.25, 0.3) is 0 Å². The van der Waals surface area contributed by atoms with Gasteiger partial charge in [0.1, 0.15) is 0 Å². The number of carbonyl (C=O) groups is 2. The Hall–Kier alpha value is -3.09. The normalized spacial score (nSPS) is 10.1. The lowest BCUT2D eigenvalue weighted by Gasteiger charge is -2.06. The first-order valence-corrected chi connectivity index (χ1v) is 5.96. The number of anilines is 1. The molecule has 0 aliphatic rings. The number of aromatic nitrogens is 1. The molecular formula is C14H12N2O5. The van der Waals surface area contributed by atoms with Gasteiger partial charge in [0.15, 0.2) is 11.5 Å². The molecule has 1 aromatic heterocycles. The van der Waals surface area contributed by atoms with Gasteiger partial charge in [-0.25, -0.2) is 0 Å². The standard InChI is InChI=1S/C14H12N2O5/c17-11-4-1-8(5-12(11)18)14(21)16-10-3-2-9(15-7-10)6-13(19)20/h1-5,7,17-18H,6H2,(H,16,21)(H,19,20). The zero-order chi connectivity index (χ0) is 15.4. The third-order valence-electron chi connectivity index (χ3n) is 2.65. The summed E-state index contributed by atoms with van der Waals surface area (Å²) in [4.78, 5) is 26.3. The van der Waals surface area contributed by atoms with Crippen molar-refractivity contribution in [2.45, 2.75) is 6.42 Å². The van der Waals surface area contributed by atoms with Gasteiger partial charge in [-0.15, -0.1) is 0 Å². The van der Waals surface area contributed by atoms with Gasteiger partial charge in [-0.2, -0.15) is 0 Å². The van der Waals surface area contributed by atoms with Gasteiger partial charge in [0.05, 0.1) is 24.0 Å². The number of benzene rings is 1. The Morgan fingerprint density at radius 3 is 2.43 bits per heavy atom. The van der Waals surface area contributed by atoms with Gasteiger partial charge in [-0.1, -0.05) is 0 Å².